The number of hydrogen-bond acceptors (Lipinski definition) is 8. The molecule has 192 valence electrons. The number of benzene rings is 1. The normalized spacial score (nSPS) is 10.8. The van der Waals surface area contributed by atoms with Crippen molar-refractivity contribution in [3.05, 3.63) is 75.1 Å². The molecule has 3 heterocycles. The summed E-state index contributed by atoms with van der Waals surface area (Å²) in [5, 5.41) is 28.8. The fourth-order valence-electron chi connectivity index (χ4n) is 3.36. The largest absolute Gasteiger partial charge is 0.470 e. The molecule has 0 aliphatic carbocycles. The zero-order chi connectivity index (χ0) is 26.7. The smallest absolute Gasteiger partial charge is 0.276 e. The van der Waals surface area contributed by atoms with Crippen molar-refractivity contribution < 1.29 is 19.2 Å². The van der Waals surface area contributed by atoms with Gasteiger partial charge in [0.1, 0.15) is 11.4 Å². The van der Waals surface area contributed by atoms with Gasteiger partial charge in [0, 0.05) is 31.9 Å². The minimum absolute atomic E-state index is 0.0668. The molecule has 37 heavy (non-hydrogen) atoms. The minimum atomic E-state index is -0.562. The molecule has 3 aromatic heterocycles. The Hall–Kier alpha value is -4.72. The summed E-state index contributed by atoms with van der Waals surface area (Å²) in [5.74, 6) is -0.792. The molecule has 4 rings (SSSR count). The number of carbonyl (C=O) groups excluding carboxylic acids is 2. The van der Waals surface area contributed by atoms with Gasteiger partial charge in [-0.1, -0.05) is 11.6 Å². The van der Waals surface area contributed by atoms with Crippen molar-refractivity contribution in [2.24, 2.45) is 7.05 Å². The first-order valence-corrected chi connectivity index (χ1v) is 11.3. The van der Waals surface area contributed by atoms with Crippen LogP contribution in [0.5, 0.6) is 5.75 Å². The lowest BCUT2D eigenvalue weighted by Crippen LogP contribution is -2.21. The van der Waals surface area contributed by atoms with Crippen molar-refractivity contribution >= 4 is 40.5 Å². The van der Waals surface area contributed by atoms with Crippen molar-refractivity contribution in [2.75, 3.05) is 10.6 Å². The summed E-state index contributed by atoms with van der Waals surface area (Å²) in [4.78, 5) is 36.1. The first-order chi connectivity index (χ1) is 17.7. The Morgan fingerprint density at radius 3 is 2.51 bits per heavy atom. The number of nitrogens with one attached hydrogen (secondary N) is 2. The SMILES string of the molecule is CCn1ncc(NC(=O)c2ccn(COc3ccc([N+](=O)[O-])cc3Cl)n2)c1C(=O)Nc1cnn(C)c1C. The second kappa shape index (κ2) is 10.5. The van der Waals surface area contributed by atoms with Crippen molar-refractivity contribution in [2.45, 2.75) is 27.1 Å². The summed E-state index contributed by atoms with van der Waals surface area (Å²) in [6, 6.07) is 5.29. The number of nitro groups is 1. The van der Waals surface area contributed by atoms with Crippen molar-refractivity contribution in [3.63, 3.8) is 0 Å². The lowest BCUT2D eigenvalue weighted by Gasteiger charge is -2.09. The van der Waals surface area contributed by atoms with Gasteiger partial charge in [0.05, 0.1) is 39.4 Å². The van der Waals surface area contributed by atoms with Gasteiger partial charge in [0.15, 0.2) is 12.4 Å². The van der Waals surface area contributed by atoms with Crippen LogP contribution in [-0.4, -0.2) is 46.1 Å². The van der Waals surface area contributed by atoms with E-state index in [1.54, 1.807) is 11.7 Å². The highest BCUT2D eigenvalue weighted by Crippen LogP contribution is 2.29. The van der Waals surface area contributed by atoms with Gasteiger partial charge >= 0.3 is 0 Å². The zero-order valence-corrected chi connectivity index (χ0v) is 20.8. The van der Waals surface area contributed by atoms with E-state index in [4.69, 9.17) is 16.3 Å². The molecule has 2 amide bonds. The Morgan fingerprint density at radius 2 is 1.86 bits per heavy atom. The highest BCUT2D eigenvalue weighted by molar-refractivity contribution is 6.32. The highest BCUT2D eigenvalue weighted by atomic mass is 35.5. The summed E-state index contributed by atoms with van der Waals surface area (Å²) in [6.07, 6.45) is 4.45. The quantitative estimate of drug-likeness (QED) is 0.247. The van der Waals surface area contributed by atoms with E-state index in [9.17, 15) is 19.7 Å². The average Bonchev–Trinajstić information content (AvgIpc) is 3.58. The van der Waals surface area contributed by atoms with Gasteiger partial charge in [0.25, 0.3) is 17.5 Å². The number of non-ortho nitro benzene ring substituents is 1. The Balaban J connectivity index is 1.44. The number of aryl methyl sites for hydroxylation is 2. The molecule has 0 bridgehead atoms. The Bertz CT molecular complexity index is 1490. The fraction of sp³-hybridized carbons (Fsp3) is 0.227. The standard InChI is InChI=1S/C22H22ClN9O5/c1-4-31-20(22(34)26-17-10-24-29(3)13(17)2)18(11-25-31)27-21(33)16-7-8-30(28-16)12-37-19-6-5-14(32(35)36)9-15(19)23/h5-11H,4,12H2,1-3H3,(H,26,34)(H,27,33). The Morgan fingerprint density at radius 1 is 1.14 bits per heavy atom. The number of rotatable bonds is 9. The van der Waals surface area contributed by atoms with Crippen LogP contribution < -0.4 is 15.4 Å². The number of hydrogen-bond donors (Lipinski definition) is 2. The third kappa shape index (κ3) is 5.43. The van der Waals surface area contributed by atoms with Crippen LogP contribution in [0.25, 0.3) is 0 Å². The third-order valence-corrected chi connectivity index (χ3v) is 5.73. The lowest BCUT2D eigenvalue weighted by atomic mass is 10.3. The number of amides is 2. The van der Waals surface area contributed by atoms with Crippen molar-refractivity contribution in [1.82, 2.24) is 29.3 Å². The van der Waals surface area contributed by atoms with Crippen LogP contribution in [0, 0.1) is 17.0 Å². The lowest BCUT2D eigenvalue weighted by molar-refractivity contribution is -0.384. The Labute approximate surface area is 214 Å². The van der Waals surface area contributed by atoms with Crippen LogP contribution >= 0.6 is 11.6 Å². The molecule has 0 aliphatic rings. The van der Waals surface area contributed by atoms with E-state index < -0.39 is 16.7 Å². The zero-order valence-electron chi connectivity index (χ0n) is 20.0. The molecular formula is C22H22ClN9O5. The molecule has 2 N–H and O–H groups in total. The third-order valence-electron chi connectivity index (χ3n) is 5.44. The summed E-state index contributed by atoms with van der Waals surface area (Å²) < 4.78 is 9.99. The van der Waals surface area contributed by atoms with E-state index in [2.05, 4.69) is 25.9 Å². The van der Waals surface area contributed by atoms with E-state index in [-0.39, 0.29) is 40.3 Å². The van der Waals surface area contributed by atoms with Gasteiger partial charge in [-0.25, -0.2) is 4.68 Å². The molecule has 0 aliphatic heterocycles. The van der Waals surface area contributed by atoms with Crippen molar-refractivity contribution in [1.29, 1.82) is 0 Å². The predicted molar refractivity (Wildman–Crippen MR) is 133 cm³/mol. The van der Waals surface area contributed by atoms with E-state index in [0.717, 1.165) is 5.69 Å². The molecule has 1 aromatic carbocycles. The van der Waals surface area contributed by atoms with Gasteiger partial charge in [0.2, 0.25) is 0 Å². The van der Waals surface area contributed by atoms with Crippen LogP contribution in [0.1, 0.15) is 33.6 Å². The van der Waals surface area contributed by atoms with Gasteiger partial charge in [-0.2, -0.15) is 15.3 Å². The van der Waals surface area contributed by atoms with Gasteiger partial charge in [-0.15, -0.1) is 0 Å². The molecule has 0 unspecified atom stereocenters. The summed E-state index contributed by atoms with van der Waals surface area (Å²) in [5.41, 5.74) is 1.61. The molecule has 4 aromatic rings. The molecule has 0 saturated carbocycles. The monoisotopic (exact) mass is 527 g/mol. The number of ether oxygens (including phenoxy) is 1. The van der Waals surface area contributed by atoms with Crippen LogP contribution in [0.2, 0.25) is 5.02 Å². The van der Waals surface area contributed by atoms with Crippen molar-refractivity contribution in [3.8, 4) is 5.75 Å². The second-order valence-corrected chi connectivity index (χ2v) is 8.19. The van der Waals surface area contributed by atoms with E-state index in [1.165, 1.54) is 52.2 Å². The Kier molecular flexibility index (Phi) is 7.20. The maximum Gasteiger partial charge on any atom is 0.276 e. The molecule has 14 nitrogen and oxygen atoms in total. The molecule has 0 atom stereocenters. The molecule has 0 radical (unpaired) electrons. The minimum Gasteiger partial charge on any atom is -0.470 e. The molecule has 0 spiro atoms. The van der Waals surface area contributed by atoms with Gasteiger partial charge in [-0.3, -0.25) is 29.1 Å². The number of nitrogens with zero attached hydrogens (tertiary/aromatic N) is 7. The summed E-state index contributed by atoms with van der Waals surface area (Å²) in [7, 11) is 1.76. The van der Waals surface area contributed by atoms with Crippen LogP contribution in [0.3, 0.4) is 0 Å². The van der Waals surface area contributed by atoms with Gasteiger partial charge in [-0.05, 0) is 26.0 Å². The van der Waals surface area contributed by atoms with E-state index >= 15 is 0 Å². The van der Waals surface area contributed by atoms with E-state index in [1.807, 2.05) is 13.8 Å². The van der Waals surface area contributed by atoms with E-state index in [0.29, 0.717) is 12.2 Å². The highest BCUT2D eigenvalue weighted by Gasteiger charge is 2.22. The fourth-order valence-corrected chi connectivity index (χ4v) is 3.59. The molecular weight excluding hydrogens is 506 g/mol. The maximum atomic E-state index is 13.0. The number of nitro benzene ring substituents is 1. The summed E-state index contributed by atoms with van der Waals surface area (Å²) in [6.45, 7) is 3.94. The number of aromatic nitrogens is 6. The first kappa shape index (κ1) is 25.4. The number of anilines is 2. The van der Waals surface area contributed by atoms with Gasteiger partial charge < -0.3 is 15.4 Å². The van der Waals surface area contributed by atoms with Crippen LogP contribution in [0.15, 0.2) is 42.9 Å². The average molecular weight is 528 g/mol. The number of carbonyl (C=O) groups is 2. The molecule has 15 heteroatoms. The molecule has 0 fully saturated rings. The first-order valence-electron chi connectivity index (χ1n) is 10.9. The summed E-state index contributed by atoms with van der Waals surface area (Å²) >= 11 is 6.03. The molecule has 0 saturated heterocycles. The van der Waals surface area contributed by atoms with Crippen LogP contribution in [0.4, 0.5) is 17.1 Å². The topological polar surface area (TPSA) is 164 Å². The maximum absolute atomic E-state index is 13.0. The second-order valence-electron chi connectivity index (χ2n) is 7.78. The predicted octanol–water partition coefficient (Wildman–Crippen LogP) is 3.24. The number of halogens is 1. The van der Waals surface area contributed by atoms with Crippen LogP contribution in [-0.2, 0) is 20.3 Å².